The highest BCUT2D eigenvalue weighted by atomic mass is 35.5. The summed E-state index contributed by atoms with van der Waals surface area (Å²) in [5.74, 6) is 0. The Labute approximate surface area is 57.1 Å². The molecule has 0 saturated carbocycles. The monoisotopic (exact) mass is 154 g/mol. The van der Waals surface area contributed by atoms with Gasteiger partial charge in [-0.05, 0) is 23.1 Å². The molecular weight excluding hydrogens is 152 g/mol. The molecule has 1 aromatic rings. The van der Waals surface area contributed by atoms with Crippen LogP contribution in [0.15, 0.2) is 6.33 Å². The van der Waals surface area contributed by atoms with Gasteiger partial charge in [0.25, 0.3) is 0 Å². The van der Waals surface area contributed by atoms with Crippen LogP contribution < -0.4 is 0 Å². The molecule has 2 nitrogen and oxygen atoms in total. The molecule has 0 aromatic carbocycles. The van der Waals surface area contributed by atoms with Gasteiger partial charge in [-0.25, -0.2) is 4.98 Å². The van der Waals surface area contributed by atoms with Crippen LogP contribution in [0.4, 0.5) is 0 Å². The molecule has 0 saturated heterocycles. The summed E-state index contributed by atoms with van der Waals surface area (Å²) in [6, 6.07) is 0. The highest BCUT2D eigenvalue weighted by molar-refractivity contribution is 7.59. The smallest absolute Gasteiger partial charge is 0.203 e. The van der Waals surface area contributed by atoms with E-state index in [1.807, 2.05) is 0 Å². The maximum atomic E-state index is 5.30. The van der Waals surface area contributed by atoms with E-state index in [4.69, 9.17) is 11.6 Å². The zero-order chi connectivity index (χ0) is 4.41. The van der Waals surface area contributed by atoms with Gasteiger partial charge in [-0.15, -0.1) is 0 Å². The topological polar surface area (TPSA) is 25.8 Å². The SMILES string of the molecule is Clc1ncns1.S. The number of nitrogens with zero attached hydrogens (tertiary/aromatic N) is 2. The molecule has 0 unspecified atom stereocenters. The van der Waals surface area contributed by atoms with Crippen LogP contribution in [0.1, 0.15) is 0 Å². The molecule has 0 amide bonds. The van der Waals surface area contributed by atoms with Gasteiger partial charge >= 0.3 is 0 Å². The van der Waals surface area contributed by atoms with E-state index in [1.165, 1.54) is 17.9 Å². The third-order valence-electron chi connectivity index (χ3n) is 0.334. The van der Waals surface area contributed by atoms with Crippen LogP contribution in [-0.4, -0.2) is 9.36 Å². The lowest BCUT2D eigenvalue weighted by Gasteiger charge is -1.58. The summed E-state index contributed by atoms with van der Waals surface area (Å²) in [7, 11) is 0. The second kappa shape index (κ2) is 3.23. The maximum absolute atomic E-state index is 5.30. The van der Waals surface area contributed by atoms with Crippen molar-refractivity contribution in [2.75, 3.05) is 0 Å². The predicted octanol–water partition coefficient (Wildman–Crippen LogP) is 1.30. The Balaban J connectivity index is 0.000000360. The first-order chi connectivity index (χ1) is 2.89. The van der Waals surface area contributed by atoms with E-state index >= 15 is 0 Å². The van der Waals surface area contributed by atoms with Gasteiger partial charge in [0.2, 0.25) is 4.47 Å². The Morgan fingerprint density at radius 1 is 1.71 bits per heavy atom. The average Bonchev–Trinajstić information content (AvgIpc) is 1.86. The Morgan fingerprint density at radius 3 is 2.57 bits per heavy atom. The van der Waals surface area contributed by atoms with Gasteiger partial charge in [-0.1, -0.05) is 0 Å². The van der Waals surface area contributed by atoms with Gasteiger partial charge in [0, 0.05) is 0 Å². The largest absolute Gasteiger partial charge is 0.212 e. The van der Waals surface area contributed by atoms with Crippen molar-refractivity contribution >= 4 is 36.6 Å². The fourth-order valence-corrected chi connectivity index (χ4v) is 0.598. The molecule has 0 N–H and O–H groups in total. The van der Waals surface area contributed by atoms with Crippen LogP contribution in [0.5, 0.6) is 0 Å². The lowest BCUT2D eigenvalue weighted by molar-refractivity contribution is 1.33. The lowest BCUT2D eigenvalue weighted by atomic mass is 11.3. The molecule has 40 valence electrons. The molecule has 0 aliphatic heterocycles. The van der Waals surface area contributed by atoms with Gasteiger partial charge in [-0.3, -0.25) is 0 Å². The van der Waals surface area contributed by atoms with Crippen LogP contribution >= 0.6 is 36.6 Å². The normalized spacial score (nSPS) is 7.57. The predicted molar refractivity (Wildman–Crippen MR) is 35.3 cm³/mol. The minimum Gasteiger partial charge on any atom is -0.212 e. The van der Waals surface area contributed by atoms with Crippen molar-refractivity contribution < 1.29 is 0 Å². The van der Waals surface area contributed by atoms with Gasteiger partial charge in [0.15, 0.2) is 0 Å². The first-order valence-electron chi connectivity index (χ1n) is 1.32. The van der Waals surface area contributed by atoms with Crippen LogP contribution in [-0.2, 0) is 0 Å². The first-order valence-corrected chi connectivity index (χ1v) is 2.47. The number of hydrogen-bond donors (Lipinski definition) is 0. The molecule has 0 bridgehead atoms. The summed E-state index contributed by atoms with van der Waals surface area (Å²) >= 11 is 6.48. The average molecular weight is 155 g/mol. The third-order valence-corrected chi connectivity index (χ3v) is 1.09. The Kier molecular flexibility index (Phi) is 3.33. The van der Waals surface area contributed by atoms with Gasteiger partial charge in [-0.2, -0.15) is 17.9 Å². The summed E-state index contributed by atoms with van der Waals surface area (Å²) in [4.78, 5) is 3.59. The van der Waals surface area contributed by atoms with Gasteiger partial charge in [0.05, 0.1) is 0 Å². The summed E-state index contributed by atoms with van der Waals surface area (Å²) in [5.41, 5.74) is 0. The van der Waals surface area contributed by atoms with E-state index in [-0.39, 0.29) is 13.5 Å². The molecule has 1 heterocycles. The lowest BCUT2D eigenvalue weighted by Crippen LogP contribution is -1.48. The zero-order valence-corrected chi connectivity index (χ0v) is 5.83. The van der Waals surface area contributed by atoms with E-state index in [2.05, 4.69) is 9.36 Å². The Morgan fingerprint density at radius 2 is 2.43 bits per heavy atom. The van der Waals surface area contributed by atoms with Crippen molar-refractivity contribution in [3.8, 4) is 0 Å². The van der Waals surface area contributed by atoms with Gasteiger partial charge < -0.3 is 0 Å². The Hall–Kier alpha value is 0.200. The summed E-state index contributed by atoms with van der Waals surface area (Å²) in [6.45, 7) is 0. The molecule has 1 rings (SSSR count). The van der Waals surface area contributed by atoms with Crippen LogP contribution in [0, 0.1) is 0 Å². The second-order valence-corrected chi connectivity index (χ2v) is 2.06. The van der Waals surface area contributed by atoms with E-state index in [1.54, 1.807) is 0 Å². The Bertz CT molecular complexity index is 117. The van der Waals surface area contributed by atoms with E-state index < -0.39 is 0 Å². The number of hydrogen-bond acceptors (Lipinski definition) is 3. The summed E-state index contributed by atoms with van der Waals surface area (Å²) in [5, 5.41) is 0. The third kappa shape index (κ3) is 2.11. The highest BCUT2D eigenvalue weighted by Gasteiger charge is 1.81. The van der Waals surface area contributed by atoms with Crippen molar-refractivity contribution in [2.24, 2.45) is 0 Å². The van der Waals surface area contributed by atoms with Crippen molar-refractivity contribution in [3.63, 3.8) is 0 Å². The molecule has 7 heavy (non-hydrogen) atoms. The van der Waals surface area contributed by atoms with Crippen molar-refractivity contribution in [1.82, 2.24) is 9.36 Å². The minimum absolute atomic E-state index is 0. The summed E-state index contributed by atoms with van der Waals surface area (Å²) in [6.07, 6.45) is 1.42. The molecule has 1 aromatic heterocycles. The fraction of sp³-hybridized carbons (Fsp3) is 0. The molecular formula is C2H3ClN2S2. The molecule has 0 radical (unpaired) electrons. The van der Waals surface area contributed by atoms with Crippen LogP contribution in [0.25, 0.3) is 0 Å². The number of aromatic nitrogens is 2. The molecule has 0 aliphatic carbocycles. The standard InChI is InChI=1S/C2HClN2S.H2S/c3-2-4-1-5-6-2;/h1H;1H2. The number of halogens is 1. The van der Waals surface area contributed by atoms with Crippen LogP contribution in [0.3, 0.4) is 0 Å². The fourth-order valence-electron chi connectivity index (χ4n) is 0.160. The molecule has 0 aliphatic rings. The van der Waals surface area contributed by atoms with Crippen molar-refractivity contribution in [1.29, 1.82) is 0 Å². The minimum atomic E-state index is 0. The van der Waals surface area contributed by atoms with Crippen molar-refractivity contribution in [3.05, 3.63) is 10.8 Å². The van der Waals surface area contributed by atoms with E-state index in [0.29, 0.717) is 4.47 Å². The highest BCUT2D eigenvalue weighted by Crippen LogP contribution is 2.04. The van der Waals surface area contributed by atoms with Crippen molar-refractivity contribution in [2.45, 2.75) is 0 Å². The second-order valence-electron chi connectivity index (χ2n) is 0.694. The number of rotatable bonds is 0. The molecule has 0 fully saturated rings. The molecule has 5 heteroatoms. The first kappa shape index (κ1) is 7.20. The maximum Gasteiger partial charge on any atom is 0.203 e. The van der Waals surface area contributed by atoms with E-state index in [9.17, 15) is 0 Å². The quantitative estimate of drug-likeness (QED) is 0.563. The van der Waals surface area contributed by atoms with Crippen LogP contribution in [0.2, 0.25) is 4.47 Å². The summed E-state index contributed by atoms with van der Waals surface area (Å²) < 4.78 is 4.12. The van der Waals surface area contributed by atoms with Gasteiger partial charge in [0.1, 0.15) is 6.33 Å². The molecule has 0 atom stereocenters. The molecule has 0 spiro atoms. The van der Waals surface area contributed by atoms with E-state index in [0.717, 1.165) is 0 Å². The zero-order valence-electron chi connectivity index (χ0n) is 3.26.